The van der Waals surface area contributed by atoms with Crippen LogP contribution in [0, 0.1) is 0 Å². The molecule has 1 atom stereocenters. The molecule has 0 radical (unpaired) electrons. The Bertz CT molecular complexity index is 3080. The van der Waals surface area contributed by atoms with Crippen LogP contribution < -0.4 is 0 Å². The molecule has 0 saturated heterocycles. The first-order chi connectivity index (χ1) is 27.3. The molecular formula is C52H36N2O. The van der Waals surface area contributed by atoms with Crippen LogP contribution >= 0.6 is 0 Å². The molecule has 2 aromatic heterocycles. The highest BCUT2D eigenvalue weighted by atomic mass is 16.3. The van der Waals surface area contributed by atoms with Crippen molar-refractivity contribution in [3.05, 3.63) is 209 Å². The highest BCUT2D eigenvalue weighted by Crippen LogP contribution is 2.64. The molecule has 12 rings (SSSR count). The van der Waals surface area contributed by atoms with Crippen LogP contribution in [0.2, 0.25) is 0 Å². The number of benzene rings is 7. The van der Waals surface area contributed by atoms with Gasteiger partial charge in [-0.05, 0) is 111 Å². The highest BCUT2D eigenvalue weighted by Gasteiger charge is 2.53. The van der Waals surface area contributed by atoms with Crippen LogP contribution in [0.25, 0.3) is 66.5 Å². The maximum Gasteiger partial charge on any atom is 0.143 e. The van der Waals surface area contributed by atoms with E-state index in [0.717, 1.165) is 70.3 Å². The van der Waals surface area contributed by atoms with E-state index >= 15 is 0 Å². The molecule has 0 fully saturated rings. The van der Waals surface area contributed by atoms with Gasteiger partial charge in [0, 0.05) is 28.4 Å². The molecule has 3 nitrogen and oxygen atoms in total. The molecule has 1 spiro atoms. The lowest BCUT2D eigenvalue weighted by molar-refractivity contribution is 0.669. The Balaban J connectivity index is 0.909. The molecule has 0 saturated carbocycles. The maximum atomic E-state index is 6.98. The Labute approximate surface area is 319 Å². The fraction of sp³-hybridized carbons (Fsp3) is 0.0962. The molecule has 0 N–H and O–H groups in total. The SMILES string of the molecule is C1=CC2=C(CC1)c1ccccc1C21c2ccccc2-c2c1ccc1c2oc2cc(-c3ccc(CCc4nc5ccccc5n4-c4ccccc4)cc3)ccc21. The predicted octanol–water partition coefficient (Wildman–Crippen LogP) is 12.8. The van der Waals surface area contributed by atoms with E-state index in [4.69, 9.17) is 9.40 Å². The first-order valence-electron chi connectivity index (χ1n) is 19.5. The summed E-state index contributed by atoms with van der Waals surface area (Å²) in [6, 6.07) is 57.5. The zero-order valence-corrected chi connectivity index (χ0v) is 30.3. The van der Waals surface area contributed by atoms with E-state index in [9.17, 15) is 0 Å². The summed E-state index contributed by atoms with van der Waals surface area (Å²) in [5.41, 5.74) is 19.5. The fourth-order valence-corrected chi connectivity index (χ4v) is 10.1. The number of allylic oxidation sites excluding steroid dienone is 4. The van der Waals surface area contributed by atoms with Crippen LogP contribution in [0.4, 0.5) is 0 Å². The quantitative estimate of drug-likeness (QED) is 0.179. The van der Waals surface area contributed by atoms with Crippen LogP contribution in [0.15, 0.2) is 180 Å². The third-order valence-corrected chi connectivity index (χ3v) is 12.4. The number of aromatic nitrogens is 2. The zero-order chi connectivity index (χ0) is 36.1. The van der Waals surface area contributed by atoms with Gasteiger partial charge >= 0.3 is 0 Å². The van der Waals surface area contributed by atoms with Crippen molar-refractivity contribution in [2.45, 2.75) is 31.1 Å². The number of rotatable bonds is 5. The smallest absolute Gasteiger partial charge is 0.143 e. The third-order valence-electron chi connectivity index (χ3n) is 12.4. The standard InChI is InChI=1S/C52H36N2O/c1-2-12-36(13-3-1)54-47-21-11-10-20-46(47)53-49(54)31-24-33-22-25-34(26-23-33)35-27-28-39-40-29-30-45-50(51(40)55-48(39)32-35)41-16-6-9-19-44(41)52(45)42-17-7-4-14-37(42)38-15-5-8-18-43(38)52/h1-4,6-14,16-23,25-30,32H,5,15,24,31H2. The Morgan fingerprint density at radius 1 is 0.618 bits per heavy atom. The molecule has 260 valence electrons. The molecule has 0 bridgehead atoms. The predicted molar refractivity (Wildman–Crippen MR) is 225 cm³/mol. The van der Waals surface area contributed by atoms with Gasteiger partial charge in [0.25, 0.3) is 0 Å². The Kier molecular flexibility index (Phi) is 6.50. The molecule has 3 heteroatoms. The van der Waals surface area contributed by atoms with Gasteiger partial charge in [-0.3, -0.25) is 4.57 Å². The number of fused-ring (bicyclic) bond motifs is 14. The zero-order valence-electron chi connectivity index (χ0n) is 30.3. The number of hydrogen-bond donors (Lipinski definition) is 0. The summed E-state index contributed by atoms with van der Waals surface area (Å²) in [4.78, 5) is 5.05. The van der Waals surface area contributed by atoms with Gasteiger partial charge in [-0.25, -0.2) is 4.98 Å². The van der Waals surface area contributed by atoms with Crippen molar-refractivity contribution >= 4 is 38.5 Å². The lowest BCUT2D eigenvalue weighted by Gasteiger charge is -2.32. The van der Waals surface area contributed by atoms with E-state index in [1.807, 2.05) is 0 Å². The Morgan fingerprint density at radius 2 is 1.35 bits per heavy atom. The maximum absolute atomic E-state index is 6.98. The molecular weight excluding hydrogens is 669 g/mol. The van der Waals surface area contributed by atoms with Gasteiger partial charge < -0.3 is 4.42 Å². The molecule has 55 heavy (non-hydrogen) atoms. The van der Waals surface area contributed by atoms with E-state index < -0.39 is 0 Å². The van der Waals surface area contributed by atoms with Crippen LogP contribution in [-0.2, 0) is 18.3 Å². The fourth-order valence-electron chi connectivity index (χ4n) is 10.1. The molecule has 3 aliphatic carbocycles. The lowest BCUT2D eigenvalue weighted by atomic mass is 9.69. The first-order valence-corrected chi connectivity index (χ1v) is 19.5. The normalized spacial score (nSPS) is 16.7. The summed E-state index contributed by atoms with van der Waals surface area (Å²) in [5, 5.41) is 2.32. The van der Waals surface area contributed by atoms with Crippen molar-refractivity contribution in [2.75, 3.05) is 0 Å². The Hall–Kier alpha value is -6.71. The molecule has 2 heterocycles. The second-order valence-corrected chi connectivity index (χ2v) is 15.2. The molecule has 0 aliphatic heterocycles. The second-order valence-electron chi connectivity index (χ2n) is 15.2. The topological polar surface area (TPSA) is 31.0 Å². The number of aryl methyl sites for hydroxylation is 2. The summed E-state index contributed by atoms with van der Waals surface area (Å²) in [7, 11) is 0. The Morgan fingerprint density at radius 3 is 2.22 bits per heavy atom. The number of para-hydroxylation sites is 3. The number of furan rings is 1. The number of hydrogen-bond acceptors (Lipinski definition) is 2. The molecule has 9 aromatic rings. The van der Waals surface area contributed by atoms with E-state index in [0.29, 0.717) is 0 Å². The van der Waals surface area contributed by atoms with Crippen LogP contribution in [0.5, 0.6) is 0 Å². The summed E-state index contributed by atoms with van der Waals surface area (Å²) >= 11 is 0. The van der Waals surface area contributed by atoms with Gasteiger partial charge in [0.05, 0.1) is 16.4 Å². The molecule has 3 aliphatic rings. The van der Waals surface area contributed by atoms with Gasteiger partial charge in [0.2, 0.25) is 0 Å². The van der Waals surface area contributed by atoms with Crippen molar-refractivity contribution in [1.82, 2.24) is 9.55 Å². The van der Waals surface area contributed by atoms with Crippen LogP contribution in [-0.4, -0.2) is 9.55 Å². The van der Waals surface area contributed by atoms with Crippen molar-refractivity contribution < 1.29 is 4.42 Å². The first kappa shape index (κ1) is 30.7. The van der Waals surface area contributed by atoms with Gasteiger partial charge in [0.15, 0.2) is 0 Å². The van der Waals surface area contributed by atoms with Gasteiger partial charge in [-0.1, -0.05) is 133 Å². The van der Waals surface area contributed by atoms with Crippen molar-refractivity contribution in [3.8, 4) is 27.9 Å². The molecule has 1 unspecified atom stereocenters. The average Bonchev–Trinajstić information content (AvgIpc) is 3.98. The summed E-state index contributed by atoms with van der Waals surface area (Å²) in [6.45, 7) is 0. The van der Waals surface area contributed by atoms with Gasteiger partial charge in [0.1, 0.15) is 17.0 Å². The van der Waals surface area contributed by atoms with Gasteiger partial charge in [-0.15, -0.1) is 0 Å². The minimum atomic E-state index is -0.330. The van der Waals surface area contributed by atoms with Crippen molar-refractivity contribution in [2.24, 2.45) is 0 Å². The second kappa shape index (κ2) is 11.6. The molecule has 7 aromatic carbocycles. The average molecular weight is 705 g/mol. The lowest BCUT2D eigenvalue weighted by Crippen LogP contribution is -2.27. The van der Waals surface area contributed by atoms with Gasteiger partial charge in [-0.2, -0.15) is 0 Å². The summed E-state index contributed by atoms with van der Waals surface area (Å²) in [6.07, 6.45) is 8.70. The van der Waals surface area contributed by atoms with Crippen LogP contribution in [0.1, 0.15) is 46.5 Å². The van der Waals surface area contributed by atoms with E-state index in [1.165, 1.54) is 61.0 Å². The summed E-state index contributed by atoms with van der Waals surface area (Å²) < 4.78 is 9.28. The minimum Gasteiger partial charge on any atom is -0.455 e. The van der Waals surface area contributed by atoms with Crippen molar-refractivity contribution in [3.63, 3.8) is 0 Å². The van der Waals surface area contributed by atoms with E-state index in [-0.39, 0.29) is 5.41 Å². The van der Waals surface area contributed by atoms with E-state index in [1.54, 1.807) is 0 Å². The monoisotopic (exact) mass is 704 g/mol. The largest absolute Gasteiger partial charge is 0.455 e. The number of imidazole rings is 1. The third kappa shape index (κ3) is 4.29. The van der Waals surface area contributed by atoms with Crippen molar-refractivity contribution in [1.29, 1.82) is 0 Å². The summed E-state index contributed by atoms with van der Waals surface area (Å²) in [5.74, 6) is 1.08. The highest BCUT2D eigenvalue weighted by molar-refractivity contribution is 6.13. The minimum absolute atomic E-state index is 0.330. The number of nitrogens with zero attached hydrogens (tertiary/aromatic N) is 2. The molecule has 0 amide bonds. The van der Waals surface area contributed by atoms with E-state index in [2.05, 4.69) is 174 Å². The van der Waals surface area contributed by atoms with Crippen LogP contribution in [0.3, 0.4) is 0 Å².